The molecule has 0 aliphatic rings. The zero-order valence-electron chi connectivity index (χ0n) is 13.4. The molecule has 0 aliphatic carbocycles. The number of carbonyl (C=O) groups excluding carboxylic acids is 2. The van der Waals surface area contributed by atoms with Gasteiger partial charge in [-0.15, -0.1) is 0 Å². The zero-order chi connectivity index (χ0) is 16.8. The van der Waals surface area contributed by atoms with Crippen LogP contribution in [0.1, 0.15) is 34.1 Å². The van der Waals surface area contributed by atoms with Crippen molar-refractivity contribution in [3.63, 3.8) is 0 Å². The highest BCUT2D eigenvalue weighted by Crippen LogP contribution is 2.25. The molecular formula is C17H21N3O2. The molecule has 1 aromatic carbocycles. The van der Waals surface area contributed by atoms with Crippen molar-refractivity contribution in [2.24, 2.45) is 5.41 Å². The number of anilines is 2. The fourth-order valence-electron chi connectivity index (χ4n) is 1.55. The van der Waals surface area contributed by atoms with E-state index in [1.807, 2.05) is 27.7 Å². The maximum Gasteiger partial charge on any atom is 0.248 e. The lowest BCUT2D eigenvalue weighted by Crippen LogP contribution is -2.16. The van der Waals surface area contributed by atoms with Crippen molar-refractivity contribution >= 4 is 23.2 Å². The van der Waals surface area contributed by atoms with Gasteiger partial charge in [0.1, 0.15) is 6.42 Å². The lowest BCUT2D eigenvalue weighted by Gasteiger charge is -2.19. The Hall–Kier alpha value is -2.61. The molecule has 1 rings (SSSR count). The summed E-state index contributed by atoms with van der Waals surface area (Å²) in [4.78, 5) is 23.6. The Bertz CT molecular complexity index is 634. The van der Waals surface area contributed by atoms with E-state index in [-0.39, 0.29) is 17.7 Å². The summed E-state index contributed by atoms with van der Waals surface area (Å²) in [5.41, 5.74) is 1.84. The lowest BCUT2D eigenvalue weighted by molar-refractivity contribution is -0.115. The summed E-state index contributed by atoms with van der Waals surface area (Å²) in [6.45, 7) is 7.99. The van der Waals surface area contributed by atoms with Crippen LogP contribution in [0.4, 0.5) is 11.4 Å². The van der Waals surface area contributed by atoms with Gasteiger partial charge < -0.3 is 10.6 Å². The second kappa shape index (κ2) is 7.41. The minimum atomic E-state index is -0.411. The molecule has 0 saturated carbocycles. The summed E-state index contributed by atoms with van der Waals surface area (Å²) < 4.78 is 0. The monoisotopic (exact) mass is 299 g/mol. The fourth-order valence-corrected chi connectivity index (χ4v) is 1.55. The normalized spacial score (nSPS) is 11.5. The Morgan fingerprint density at radius 2 is 1.73 bits per heavy atom. The van der Waals surface area contributed by atoms with Gasteiger partial charge in [0.15, 0.2) is 0 Å². The number of hydrogen-bond acceptors (Lipinski definition) is 3. The Kier molecular flexibility index (Phi) is 5.88. The predicted molar refractivity (Wildman–Crippen MR) is 87.1 cm³/mol. The maximum absolute atomic E-state index is 12.1. The average molecular weight is 299 g/mol. The number of benzene rings is 1. The van der Waals surface area contributed by atoms with Gasteiger partial charge in [0.25, 0.3) is 0 Å². The first kappa shape index (κ1) is 17.4. The number of para-hydroxylation sites is 2. The lowest BCUT2D eigenvalue weighted by atomic mass is 9.87. The topological polar surface area (TPSA) is 82.0 Å². The minimum absolute atomic E-state index is 0.0854. The third kappa shape index (κ3) is 5.41. The molecule has 2 amide bonds. The van der Waals surface area contributed by atoms with Crippen LogP contribution in [0.3, 0.4) is 0 Å². The summed E-state index contributed by atoms with van der Waals surface area (Å²) in [7, 11) is 0. The molecule has 22 heavy (non-hydrogen) atoms. The van der Waals surface area contributed by atoms with Crippen molar-refractivity contribution in [3.8, 4) is 6.07 Å². The summed E-state index contributed by atoms with van der Waals surface area (Å²) in [6.07, 6.45) is 1.32. The van der Waals surface area contributed by atoms with Crippen LogP contribution in [0.2, 0.25) is 0 Å². The Morgan fingerprint density at radius 1 is 1.18 bits per heavy atom. The molecule has 0 bridgehead atoms. The molecule has 2 N–H and O–H groups in total. The number of amides is 2. The van der Waals surface area contributed by atoms with Crippen molar-refractivity contribution in [3.05, 3.63) is 35.9 Å². The smallest absolute Gasteiger partial charge is 0.248 e. The van der Waals surface area contributed by atoms with Crippen molar-refractivity contribution in [1.82, 2.24) is 0 Å². The van der Waals surface area contributed by atoms with Gasteiger partial charge >= 0.3 is 0 Å². The molecule has 0 atom stereocenters. The molecule has 0 heterocycles. The number of nitrogens with one attached hydrogen (secondary N) is 2. The van der Waals surface area contributed by atoms with Gasteiger partial charge in [-0.25, -0.2) is 0 Å². The van der Waals surface area contributed by atoms with Crippen LogP contribution in [-0.4, -0.2) is 11.8 Å². The number of nitriles is 1. The van der Waals surface area contributed by atoms with Gasteiger partial charge in [0, 0.05) is 6.08 Å². The van der Waals surface area contributed by atoms with E-state index in [1.165, 1.54) is 0 Å². The van der Waals surface area contributed by atoms with E-state index >= 15 is 0 Å². The molecule has 5 nitrogen and oxygen atoms in total. The van der Waals surface area contributed by atoms with Crippen molar-refractivity contribution in [1.29, 1.82) is 5.26 Å². The van der Waals surface area contributed by atoms with E-state index in [4.69, 9.17) is 5.26 Å². The fraction of sp³-hybridized carbons (Fsp3) is 0.353. The summed E-state index contributed by atoms with van der Waals surface area (Å²) in [5.74, 6) is -0.667. The third-order valence-corrected chi connectivity index (χ3v) is 3.23. The number of hydrogen-bond donors (Lipinski definition) is 2. The van der Waals surface area contributed by atoms with Crippen LogP contribution in [0.15, 0.2) is 35.9 Å². The number of allylic oxidation sites excluding steroid dienone is 1. The molecule has 0 aliphatic heterocycles. The first-order chi connectivity index (χ1) is 10.2. The molecule has 0 spiro atoms. The first-order valence-electron chi connectivity index (χ1n) is 6.99. The second-order valence-electron chi connectivity index (χ2n) is 6.00. The van der Waals surface area contributed by atoms with Crippen LogP contribution >= 0.6 is 0 Å². The van der Waals surface area contributed by atoms with Crippen LogP contribution in [0.25, 0.3) is 0 Å². The maximum atomic E-state index is 12.1. The van der Waals surface area contributed by atoms with Gasteiger partial charge in [-0.05, 0) is 24.5 Å². The van der Waals surface area contributed by atoms with E-state index in [9.17, 15) is 9.59 Å². The molecule has 0 radical (unpaired) electrons. The number of rotatable bonds is 4. The first-order valence-corrected chi connectivity index (χ1v) is 6.99. The molecular weight excluding hydrogens is 278 g/mol. The van der Waals surface area contributed by atoms with Crippen molar-refractivity contribution < 1.29 is 9.59 Å². The zero-order valence-corrected chi connectivity index (χ0v) is 13.4. The largest absolute Gasteiger partial charge is 0.323 e. The van der Waals surface area contributed by atoms with E-state index in [0.29, 0.717) is 11.4 Å². The number of carbonyl (C=O) groups is 2. The molecule has 116 valence electrons. The van der Waals surface area contributed by atoms with Crippen molar-refractivity contribution in [2.45, 2.75) is 34.1 Å². The van der Waals surface area contributed by atoms with E-state index in [2.05, 4.69) is 10.6 Å². The predicted octanol–water partition coefficient (Wildman–Crippen LogP) is 3.47. The third-order valence-electron chi connectivity index (χ3n) is 3.23. The molecule has 5 heteroatoms. The number of nitrogens with zero attached hydrogens (tertiary/aromatic N) is 1. The van der Waals surface area contributed by atoms with Crippen LogP contribution in [0.5, 0.6) is 0 Å². The van der Waals surface area contributed by atoms with Crippen LogP contribution in [-0.2, 0) is 9.59 Å². The molecule has 0 fully saturated rings. The van der Waals surface area contributed by atoms with Gasteiger partial charge in [-0.2, -0.15) is 5.26 Å². The van der Waals surface area contributed by atoms with E-state index in [0.717, 1.165) is 5.57 Å². The Morgan fingerprint density at radius 3 is 2.23 bits per heavy atom. The van der Waals surface area contributed by atoms with Crippen molar-refractivity contribution in [2.75, 3.05) is 10.6 Å². The van der Waals surface area contributed by atoms with Gasteiger partial charge in [-0.3, -0.25) is 9.59 Å². The standard InChI is InChI=1S/C17H21N3O2/c1-12(17(2,3)4)11-16(22)20-14-8-6-5-7-13(14)19-15(21)9-10-18/h5-8,11H,9H2,1-4H3,(H,19,21)(H,20,22)/b12-11+. The molecule has 1 aromatic rings. The molecule has 0 unspecified atom stereocenters. The summed E-state index contributed by atoms with van der Waals surface area (Å²) >= 11 is 0. The summed E-state index contributed by atoms with van der Waals surface area (Å²) in [6, 6.07) is 8.65. The highest BCUT2D eigenvalue weighted by molar-refractivity contribution is 6.04. The van der Waals surface area contributed by atoms with E-state index in [1.54, 1.807) is 36.4 Å². The Labute approximate surface area is 131 Å². The molecule has 0 saturated heterocycles. The minimum Gasteiger partial charge on any atom is -0.323 e. The van der Waals surface area contributed by atoms with E-state index < -0.39 is 5.91 Å². The second-order valence-corrected chi connectivity index (χ2v) is 6.00. The van der Waals surface area contributed by atoms with Crippen LogP contribution in [0, 0.1) is 16.7 Å². The molecule has 0 aromatic heterocycles. The summed E-state index contributed by atoms with van der Waals surface area (Å²) in [5, 5.41) is 13.9. The highest BCUT2D eigenvalue weighted by Gasteiger charge is 2.14. The Balaban J connectivity index is 2.89. The average Bonchev–Trinajstić information content (AvgIpc) is 2.40. The van der Waals surface area contributed by atoms with Crippen LogP contribution < -0.4 is 10.6 Å². The van der Waals surface area contributed by atoms with Gasteiger partial charge in [0.05, 0.1) is 17.4 Å². The SMILES string of the molecule is C/C(=C\C(=O)Nc1ccccc1NC(=O)CC#N)C(C)(C)C. The van der Waals surface area contributed by atoms with Gasteiger partial charge in [0.2, 0.25) is 11.8 Å². The quantitative estimate of drug-likeness (QED) is 0.835. The highest BCUT2D eigenvalue weighted by atomic mass is 16.2. The van der Waals surface area contributed by atoms with Gasteiger partial charge in [-0.1, -0.05) is 38.5 Å².